The highest BCUT2D eigenvalue weighted by Crippen LogP contribution is 2.23. The van der Waals surface area contributed by atoms with E-state index in [0.717, 1.165) is 22.4 Å². The van der Waals surface area contributed by atoms with Gasteiger partial charge in [-0.3, -0.25) is 9.79 Å². The molecular weight excluding hydrogens is 174 g/mol. The van der Waals surface area contributed by atoms with E-state index in [-0.39, 0.29) is 5.78 Å². The maximum absolute atomic E-state index is 11.6. The molecule has 0 spiro atoms. The van der Waals surface area contributed by atoms with Crippen LogP contribution in [0, 0.1) is 0 Å². The summed E-state index contributed by atoms with van der Waals surface area (Å²) in [4.78, 5) is 16.0. The zero-order valence-corrected chi connectivity index (χ0v) is 8.50. The van der Waals surface area contributed by atoms with Gasteiger partial charge >= 0.3 is 0 Å². The normalized spacial score (nSPS) is 13.7. The molecule has 0 saturated carbocycles. The van der Waals surface area contributed by atoms with Crippen molar-refractivity contribution in [3.05, 3.63) is 34.9 Å². The predicted octanol–water partition coefficient (Wildman–Crippen LogP) is 2.60. The van der Waals surface area contributed by atoms with Crippen molar-refractivity contribution in [3.8, 4) is 0 Å². The minimum atomic E-state index is 0.215. The summed E-state index contributed by atoms with van der Waals surface area (Å²) in [6.45, 7) is 4.56. The predicted molar refractivity (Wildman–Crippen MR) is 57.0 cm³/mol. The smallest absolute Gasteiger partial charge is 0.162 e. The molecule has 0 aromatic heterocycles. The van der Waals surface area contributed by atoms with Gasteiger partial charge in [0.15, 0.2) is 5.78 Å². The third-order valence-electron chi connectivity index (χ3n) is 2.66. The molecule has 0 amide bonds. The van der Waals surface area contributed by atoms with Crippen molar-refractivity contribution in [2.24, 2.45) is 4.99 Å². The van der Waals surface area contributed by atoms with Crippen LogP contribution in [0.4, 0.5) is 0 Å². The number of carbonyl (C=O) groups excluding carboxylic acids is 1. The SMILES string of the molecule is CCC(=O)c1cccc2c1CN=C2C. The van der Waals surface area contributed by atoms with E-state index in [1.54, 1.807) is 0 Å². The van der Waals surface area contributed by atoms with Gasteiger partial charge in [0.2, 0.25) is 0 Å². The summed E-state index contributed by atoms with van der Waals surface area (Å²) in [6.07, 6.45) is 0.565. The fourth-order valence-electron chi connectivity index (χ4n) is 1.83. The van der Waals surface area contributed by atoms with E-state index < -0.39 is 0 Å². The Labute approximate surface area is 83.7 Å². The lowest BCUT2D eigenvalue weighted by molar-refractivity contribution is 0.0987. The second kappa shape index (κ2) is 3.37. The fourth-order valence-corrected chi connectivity index (χ4v) is 1.83. The molecule has 2 heteroatoms. The molecule has 0 saturated heterocycles. The van der Waals surface area contributed by atoms with E-state index in [1.807, 2.05) is 32.0 Å². The van der Waals surface area contributed by atoms with Crippen LogP contribution < -0.4 is 0 Å². The van der Waals surface area contributed by atoms with Crippen LogP contribution in [0.15, 0.2) is 23.2 Å². The zero-order valence-electron chi connectivity index (χ0n) is 8.50. The van der Waals surface area contributed by atoms with E-state index >= 15 is 0 Å². The number of Topliss-reactive ketones (excluding diaryl/α,β-unsaturated/α-hetero) is 1. The molecule has 0 fully saturated rings. The maximum Gasteiger partial charge on any atom is 0.162 e. The standard InChI is InChI=1S/C12H13NO/c1-3-12(14)10-6-4-5-9-8(2)13-7-11(9)10/h4-6H,3,7H2,1-2H3. The van der Waals surface area contributed by atoms with Crippen molar-refractivity contribution in [1.29, 1.82) is 0 Å². The number of aliphatic imine (C=N–C) groups is 1. The van der Waals surface area contributed by atoms with Crippen LogP contribution in [0.1, 0.15) is 41.8 Å². The van der Waals surface area contributed by atoms with Crippen LogP contribution in [0.25, 0.3) is 0 Å². The first-order valence-electron chi connectivity index (χ1n) is 4.90. The number of nitrogens with zero attached hydrogens (tertiary/aromatic N) is 1. The molecule has 0 radical (unpaired) electrons. The molecule has 1 aromatic rings. The van der Waals surface area contributed by atoms with Crippen molar-refractivity contribution in [2.75, 3.05) is 0 Å². The fraction of sp³-hybridized carbons (Fsp3) is 0.333. The van der Waals surface area contributed by atoms with Crippen molar-refractivity contribution in [2.45, 2.75) is 26.8 Å². The Kier molecular flexibility index (Phi) is 2.20. The minimum absolute atomic E-state index is 0.215. The Morgan fingerprint density at radius 3 is 3.00 bits per heavy atom. The van der Waals surface area contributed by atoms with Crippen LogP contribution in [-0.4, -0.2) is 11.5 Å². The monoisotopic (exact) mass is 187 g/mol. The summed E-state index contributed by atoms with van der Waals surface area (Å²) >= 11 is 0. The molecule has 0 atom stereocenters. The number of benzene rings is 1. The molecule has 0 unspecified atom stereocenters. The highest BCUT2D eigenvalue weighted by atomic mass is 16.1. The van der Waals surface area contributed by atoms with E-state index in [2.05, 4.69) is 4.99 Å². The molecule has 0 bridgehead atoms. The van der Waals surface area contributed by atoms with Crippen LogP contribution in [0.3, 0.4) is 0 Å². The number of hydrogen-bond donors (Lipinski definition) is 0. The van der Waals surface area contributed by atoms with Gasteiger partial charge in [-0.15, -0.1) is 0 Å². The lowest BCUT2D eigenvalue weighted by atomic mass is 9.97. The number of hydrogen-bond acceptors (Lipinski definition) is 2. The van der Waals surface area contributed by atoms with Gasteiger partial charge in [0, 0.05) is 23.3 Å². The third-order valence-corrected chi connectivity index (χ3v) is 2.66. The quantitative estimate of drug-likeness (QED) is 0.654. The average Bonchev–Trinajstić information content (AvgIpc) is 2.59. The van der Waals surface area contributed by atoms with Gasteiger partial charge < -0.3 is 0 Å². The first-order valence-corrected chi connectivity index (χ1v) is 4.90. The Morgan fingerprint density at radius 2 is 2.29 bits per heavy atom. The number of fused-ring (bicyclic) bond motifs is 1. The van der Waals surface area contributed by atoms with Gasteiger partial charge in [0.25, 0.3) is 0 Å². The number of ketones is 1. The molecule has 1 aromatic carbocycles. The van der Waals surface area contributed by atoms with E-state index in [0.29, 0.717) is 13.0 Å². The summed E-state index contributed by atoms with van der Waals surface area (Å²) in [7, 11) is 0. The first-order chi connectivity index (χ1) is 6.74. The van der Waals surface area contributed by atoms with Gasteiger partial charge in [-0.25, -0.2) is 0 Å². The van der Waals surface area contributed by atoms with E-state index in [1.165, 1.54) is 0 Å². The molecule has 1 aliphatic heterocycles. The first kappa shape index (κ1) is 9.13. The summed E-state index contributed by atoms with van der Waals surface area (Å²) < 4.78 is 0. The van der Waals surface area contributed by atoms with Crippen molar-refractivity contribution < 1.29 is 4.79 Å². The molecule has 14 heavy (non-hydrogen) atoms. The lowest BCUT2D eigenvalue weighted by Gasteiger charge is -2.05. The van der Waals surface area contributed by atoms with Gasteiger partial charge in [-0.1, -0.05) is 25.1 Å². The molecule has 2 rings (SSSR count). The van der Waals surface area contributed by atoms with Crippen LogP contribution >= 0.6 is 0 Å². The van der Waals surface area contributed by atoms with E-state index in [4.69, 9.17) is 0 Å². The number of carbonyl (C=O) groups is 1. The van der Waals surface area contributed by atoms with Crippen molar-refractivity contribution >= 4 is 11.5 Å². The van der Waals surface area contributed by atoms with Gasteiger partial charge in [0.1, 0.15) is 0 Å². The molecule has 1 aliphatic rings. The Morgan fingerprint density at radius 1 is 1.50 bits per heavy atom. The summed E-state index contributed by atoms with van der Waals surface area (Å²) in [6, 6.07) is 5.87. The molecule has 1 heterocycles. The zero-order chi connectivity index (χ0) is 10.1. The van der Waals surface area contributed by atoms with Crippen molar-refractivity contribution in [1.82, 2.24) is 0 Å². The van der Waals surface area contributed by atoms with Crippen LogP contribution in [0.2, 0.25) is 0 Å². The Bertz CT molecular complexity index is 418. The molecule has 2 nitrogen and oxygen atoms in total. The maximum atomic E-state index is 11.6. The third kappa shape index (κ3) is 1.27. The topological polar surface area (TPSA) is 29.4 Å². The van der Waals surface area contributed by atoms with Gasteiger partial charge in [-0.2, -0.15) is 0 Å². The van der Waals surface area contributed by atoms with Crippen LogP contribution in [0.5, 0.6) is 0 Å². The van der Waals surface area contributed by atoms with Gasteiger partial charge in [0.05, 0.1) is 6.54 Å². The van der Waals surface area contributed by atoms with E-state index in [9.17, 15) is 4.79 Å². The lowest BCUT2D eigenvalue weighted by Crippen LogP contribution is -2.03. The molecule has 0 aliphatic carbocycles. The molecular formula is C12H13NO. The summed E-state index contributed by atoms with van der Waals surface area (Å²) in [5.41, 5.74) is 4.15. The molecule has 0 N–H and O–H groups in total. The molecule has 72 valence electrons. The minimum Gasteiger partial charge on any atom is -0.294 e. The number of rotatable bonds is 2. The summed E-state index contributed by atoms with van der Waals surface area (Å²) in [5, 5.41) is 0. The van der Waals surface area contributed by atoms with Gasteiger partial charge in [-0.05, 0) is 12.5 Å². The largest absolute Gasteiger partial charge is 0.294 e. The summed E-state index contributed by atoms with van der Waals surface area (Å²) in [5.74, 6) is 0.215. The Balaban J connectivity index is 2.52. The van der Waals surface area contributed by atoms with Crippen molar-refractivity contribution in [3.63, 3.8) is 0 Å². The second-order valence-electron chi connectivity index (χ2n) is 3.51. The highest BCUT2D eigenvalue weighted by molar-refractivity contribution is 6.06. The van der Waals surface area contributed by atoms with Crippen LogP contribution in [-0.2, 0) is 6.54 Å². The second-order valence-corrected chi connectivity index (χ2v) is 3.51. The highest BCUT2D eigenvalue weighted by Gasteiger charge is 2.18. The Hall–Kier alpha value is -1.44. The average molecular weight is 187 g/mol.